The van der Waals surface area contributed by atoms with Gasteiger partial charge >= 0.3 is 5.97 Å². The Morgan fingerprint density at radius 3 is 2.70 bits per heavy atom. The van der Waals surface area contributed by atoms with Crippen molar-refractivity contribution in [2.45, 2.75) is 33.1 Å². The van der Waals surface area contributed by atoms with E-state index in [4.69, 9.17) is 4.74 Å². The highest BCUT2D eigenvalue weighted by Crippen LogP contribution is 2.20. The standard InChI is InChI=1S/C19H31N3O4S/c1-3-21(18-11-6-5-7-12-18)14-9-13-20-27(24,25)22-15-8-10-17(16-22)19(23)26-4-2/h5-7,11-12,17,20H,3-4,8-10,13-16H2,1-2H3/t17-/m1/s1. The summed E-state index contributed by atoms with van der Waals surface area (Å²) in [4.78, 5) is 14.1. The normalized spacial score (nSPS) is 18.2. The van der Waals surface area contributed by atoms with Crippen LogP contribution in [0.3, 0.4) is 0 Å². The Hall–Kier alpha value is -1.64. The van der Waals surface area contributed by atoms with Crippen LogP contribution in [0.25, 0.3) is 0 Å². The summed E-state index contributed by atoms with van der Waals surface area (Å²) in [7, 11) is -3.58. The highest BCUT2D eigenvalue weighted by Gasteiger charge is 2.32. The molecule has 0 aliphatic carbocycles. The smallest absolute Gasteiger partial charge is 0.310 e. The van der Waals surface area contributed by atoms with E-state index < -0.39 is 10.2 Å². The van der Waals surface area contributed by atoms with Crippen molar-refractivity contribution in [3.05, 3.63) is 30.3 Å². The Labute approximate surface area is 162 Å². The van der Waals surface area contributed by atoms with Crippen LogP contribution in [0.15, 0.2) is 30.3 Å². The van der Waals surface area contributed by atoms with E-state index >= 15 is 0 Å². The summed E-state index contributed by atoms with van der Waals surface area (Å²) in [6, 6.07) is 10.1. The molecule has 0 amide bonds. The topological polar surface area (TPSA) is 78.9 Å². The van der Waals surface area contributed by atoms with E-state index in [1.54, 1.807) is 6.92 Å². The second kappa shape index (κ2) is 10.6. The van der Waals surface area contributed by atoms with Gasteiger partial charge in [-0.15, -0.1) is 0 Å². The van der Waals surface area contributed by atoms with E-state index in [1.165, 1.54) is 4.31 Å². The highest BCUT2D eigenvalue weighted by atomic mass is 32.2. The van der Waals surface area contributed by atoms with Crippen LogP contribution in [0.1, 0.15) is 33.1 Å². The number of esters is 1. The number of para-hydroxylation sites is 1. The van der Waals surface area contributed by atoms with Gasteiger partial charge in [0, 0.05) is 38.4 Å². The van der Waals surface area contributed by atoms with Gasteiger partial charge < -0.3 is 9.64 Å². The van der Waals surface area contributed by atoms with E-state index in [0.717, 1.165) is 18.8 Å². The minimum atomic E-state index is -3.58. The average molecular weight is 398 g/mol. The second-order valence-corrected chi connectivity index (χ2v) is 8.37. The van der Waals surface area contributed by atoms with Crippen molar-refractivity contribution < 1.29 is 17.9 Å². The number of piperidine rings is 1. The zero-order chi connectivity index (χ0) is 19.7. The van der Waals surface area contributed by atoms with Crippen molar-refractivity contribution in [2.24, 2.45) is 5.92 Å². The number of carbonyl (C=O) groups excluding carboxylic acids is 1. The van der Waals surface area contributed by atoms with Crippen LogP contribution in [-0.4, -0.2) is 58.0 Å². The molecule has 1 N–H and O–H groups in total. The fourth-order valence-electron chi connectivity index (χ4n) is 3.28. The molecule has 1 heterocycles. The number of hydrogen-bond acceptors (Lipinski definition) is 5. The highest BCUT2D eigenvalue weighted by molar-refractivity contribution is 7.87. The summed E-state index contributed by atoms with van der Waals surface area (Å²) in [5.74, 6) is -0.678. The molecular weight excluding hydrogens is 366 g/mol. The van der Waals surface area contributed by atoms with Crippen molar-refractivity contribution in [2.75, 3.05) is 44.2 Å². The third kappa shape index (κ3) is 6.48. The van der Waals surface area contributed by atoms with Gasteiger partial charge in [-0.2, -0.15) is 12.7 Å². The van der Waals surface area contributed by atoms with Crippen LogP contribution in [0.4, 0.5) is 5.69 Å². The number of anilines is 1. The van der Waals surface area contributed by atoms with E-state index in [9.17, 15) is 13.2 Å². The first-order valence-electron chi connectivity index (χ1n) is 9.69. The molecule has 0 spiro atoms. The number of nitrogens with zero attached hydrogens (tertiary/aromatic N) is 2. The monoisotopic (exact) mass is 397 g/mol. The number of nitrogens with one attached hydrogen (secondary N) is 1. The maximum Gasteiger partial charge on any atom is 0.310 e. The zero-order valence-corrected chi connectivity index (χ0v) is 17.1. The number of rotatable bonds is 10. The molecule has 0 bridgehead atoms. The molecule has 0 aromatic heterocycles. The van der Waals surface area contributed by atoms with Gasteiger partial charge in [-0.3, -0.25) is 4.79 Å². The maximum atomic E-state index is 12.5. The SMILES string of the molecule is CCOC(=O)[C@@H]1CCCN(S(=O)(=O)NCCCN(CC)c2ccccc2)C1. The van der Waals surface area contributed by atoms with Crippen LogP contribution >= 0.6 is 0 Å². The van der Waals surface area contributed by atoms with E-state index in [-0.39, 0.29) is 18.4 Å². The second-order valence-electron chi connectivity index (χ2n) is 6.62. The molecule has 0 saturated carbocycles. The Morgan fingerprint density at radius 1 is 1.30 bits per heavy atom. The lowest BCUT2D eigenvalue weighted by molar-refractivity contribution is -0.149. The number of benzene rings is 1. The van der Waals surface area contributed by atoms with Gasteiger partial charge in [-0.25, -0.2) is 4.72 Å². The van der Waals surface area contributed by atoms with Gasteiger partial charge in [0.25, 0.3) is 10.2 Å². The van der Waals surface area contributed by atoms with Crippen LogP contribution in [-0.2, 0) is 19.7 Å². The minimum Gasteiger partial charge on any atom is -0.466 e. The quantitative estimate of drug-likeness (QED) is 0.483. The van der Waals surface area contributed by atoms with Crippen LogP contribution in [0.2, 0.25) is 0 Å². The number of carbonyl (C=O) groups is 1. The van der Waals surface area contributed by atoms with Crippen LogP contribution in [0.5, 0.6) is 0 Å². The third-order valence-electron chi connectivity index (χ3n) is 4.74. The largest absolute Gasteiger partial charge is 0.466 e. The molecule has 0 unspecified atom stereocenters. The molecule has 8 heteroatoms. The Balaban J connectivity index is 1.81. The summed E-state index contributed by atoms with van der Waals surface area (Å²) < 4.78 is 34.2. The molecule has 27 heavy (non-hydrogen) atoms. The average Bonchev–Trinajstić information content (AvgIpc) is 2.69. The predicted octanol–water partition coefficient (Wildman–Crippen LogP) is 2.01. The number of hydrogen-bond donors (Lipinski definition) is 1. The van der Waals surface area contributed by atoms with Gasteiger partial charge in [-0.05, 0) is 45.2 Å². The predicted molar refractivity (Wildman–Crippen MR) is 107 cm³/mol. The van der Waals surface area contributed by atoms with Crippen molar-refractivity contribution >= 4 is 21.9 Å². The van der Waals surface area contributed by atoms with Crippen molar-refractivity contribution in [1.82, 2.24) is 9.03 Å². The van der Waals surface area contributed by atoms with Gasteiger partial charge in [0.05, 0.1) is 12.5 Å². The summed E-state index contributed by atoms with van der Waals surface area (Å²) in [5, 5.41) is 0. The first-order valence-corrected chi connectivity index (χ1v) is 11.1. The molecule has 1 saturated heterocycles. The fraction of sp³-hybridized carbons (Fsp3) is 0.632. The molecule has 152 valence electrons. The summed E-state index contributed by atoms with van der Waals surface area (Å²) in [6.07, 6.45) is 2.05. The Kier molecular flexibility index (Phi) is 8.53. The summed E-state index contributed by atoms with van der Waals surface area (Å²) in [6.45, 7) is 6.79. The molecule has 1 aliphatic rings. The van der Waals surface area contributed by atoms with Gasteiger partial charge in [0.15, 0.2) is 0 Å². The zero-order valence-electron chi connectivity index (χ0n) is 16.3. The first-order chi connectivity index (χ1) is 13.0. The van der Waals surface area contributed by atoms with Gasteiger partial charge in [0.2, 0.25) is 0 Å². The molecule has 0 radical (unpaired) electrons. The molecule has 1 aromatic carbocycles. The van der Waals surface area contributed by atoms with Crippen molar-refractivity contribution in [3.8, 4) is 0 Å². The van der Waals surface area contributed by atoms with Crippen LogP contribution in [0, 0.1) is 5.92 Å². The third-order valence-corrected chi connectivity index (χ3v) is 6.32. The molecule has 1 atom stereocenters. The molecule has 1 aromatic rings. The summed E-state index contributed by atoms with van der Waals surface area (Å²) >= 11 is 0. The Bertz CT molecular complexity index is 681. The van der Waals surface area contributed by atoms with Crippen LogP contribution < -0.4 is 9.62 Å². The lowest BCUT2D eigenvalue weighted by Gasteiger charge is -2.30. The van der Waals surface area contributed by atoms with Gasteiger partial charge in [0.1, 0.15) is 0 Å². The summed E-state index contributed by atoms with van der Waals surface area (Å²) in [5.41, 5.74) is 1.14. The molecule has 1 aliphatic heterocycles. The maximum absolute atomic E-state index is 12.5. The van der Waals surface area contributed by atoms with E-state index in [0.29, 0.717) is 39.0 Å². The minimum absolute atomic E-state index is 0.194. The Morgan fingerprint density at radius 2 is 2.04 bits per heavy atom. The molecule has 7 nitrogen and oxygen atoms in total. The lowest BCUT2D eigenvalue weighted by atomic mass is 10.0. The number of ether oxygens (including phenoxy) is 1. The molecule has 2 rings (SSSR count). The van der Waals surface area contributed by atoms with E-state index in [1.807, 2.05) is 18.2 Å². The molecule has 1 fully saturated rings. The molecular formula is C19H31N3O4S. The van der Waals surface area contributed by atoms with Crippen molar-refractivity contribution in [3.63, 3.8) is 0 Å². The lowest BCUT2D eigenvalue weighted by Crippen LogP contribution is -2.48. The van der Waals surface area contributed by atoms with Crippen molar-refractivity contribution in [1.29, 1.82) is 0 Å². The first kappa shape index (κ1) is 21.7. The fourth-order valence-corrected chi connectivity index (χ4v) is 4.61. The van der Waals surface area contributed by atoms with E-state index in [2.05, 4.69) is 28.7 Å². The van der Waals surface area contributed by atoms with Gasteiger partial charge in [-0.1, -0.05) is 18.2 Å².